The molecule has 2 nitrogen and oxygen atoms in total. The van der Waals surface area contributed by atoms with Gasteiger partial charge in [0.05, 0.1) is 0 Å². The Morgan fingerprint density at radius 2 is 1.46 bits per heavy atom. The first-order valence-corrected chi connectivity index (χ1v) is 9.22. The summed E-state index contributed by atoms with van der Waals surface area (Å²) in [5.74, 6) is 0.716. The Labute approximate surface area is 147 Å². The monoisotopic (exact) mass is 324 g/mol. The van der Waals surface area contributed by atoms with Gasteiger partial charge in [-0.15, -0.1) is 0 Å². The summed E-state index contributed by atoms with van der Waals surface area (Å²) in [6, 6.07) is 20.1. The number of hydrogen-bond acceptors (Lipinski definition) is 2. The molecule has 0 aliphatic carbocycles. The lowest BCUT2D eigenvalue weighted by atomic mass is 10.00. The van der Waals surface area contributed by atoms with Crippen LogP contribution in [-0.2, 0) is 12.8 Å². The van der Waals surface area contributed by atoms with Crippen LogP contribution in [0.3, 0.4) is 0 Å². The van der Waals surface area contributed by atoms with Crippen LogP contribution in [-0.4, -0.2) is 19.6 Å². The Kier molecular flexibility index (Phi) is 8.00. The quantitative estimate of drug-likeness (QED) is 0.634. The van der Waals surface area contributed by atoms with E-state index in [9.17, 15) is 0 Å². The molecule has 0 amide bonds. The molecule has 0 bridgehead atoms. The second-order valence-electron chi connectivity index (χ2n) is 7.00. The third kappa shape index (κ3) is 6.86. The minimum Gasteiger partial charge on any atom is -0.315 e. The first-order valence-electron chi connectivity index (χ1n) is 9.22. The number of benzene rings is 2. The summed E-state index contributed by atoms with van der Waals surface area (Å²) in [4.78, 5) is 0. The van der Waals surface area contributed by atoms with Crippen LogP contribution in [0, 0.1) is 5.92 Å². The molecule has 0 aliphatic rings. The maximum atomic E-state index is 3.60. The molecule has 1 atom stereocenters. The van der Waals surface area contributed by atoms with E-state index in [0.29, 0.717) is 12.0 Å². The topological polar surface area (TPSA) is 24.1 Å². The van der Waals surface area contributed by atoms with Gasteiger partial charge >= 0.3 is 0 Å². The molecule has 0 spiro atoms. The fraction of sp³-hybridized carbons (Fsp3) is 0.455. The molecule has 0 saturated carbocycles. The minimum absolute atomic E-state index is 0.397. The molecule has 2 N–H and O–H groups in total. The van der Waals surface area contributed by atoms with Gasteiger partial charge in [-0.05, 0) is 48.9 Å². The zero-order valence-corrected chi connectivity index (χ0v) is 15.4. The lowest BCUT2D eigenvalue weighted by Gasteiger charge is -2.15. The summed E-state index contributed by atoms with van der Waals surface area (Å²) in [6.07, 6.45) is 2.25. The predicted octanol–water partition coefficient (Wildman–Crippen LogP) is 4.37. The van der Waals surface area contributed by atoms with E-state index < -0.39 is 0 Å². The summed E-state index contributed by atoms with van der Waals surface area (Å²) < 4.78 is 0. The fourth-order valence-electron chi connectivity index (χ4n) is 2.91. The third-order valence-electron chi connectivity index (χ3n) is 4.31. The van der Waals surface area contributed by atoms with Crippen LogP contribution >= 0.6 is 0 Å². The van der Waals surface area contributed by atoms with Crippen molar-refractivity contribution in [2.75, 3.05) is 19.6 Å². The van der Waals surface area contributed by atoms with Gasteiger partial charge in [-0.25, -0.2) is 0 Å². The molecule has 1 unspecified atom stereocenters. The van der Waals surface area contributed by atoms with Crippen molar-refractivity contribution >= 4 is 0 Å². The maximum absolute atomic E-state index is 3.60. The summed E-state index contributed by atoms with van der Waals surface area (Å²) in [5.41, 5.74) is 4.20. The zero-order chi connectivity index (χ0) is 17.2. The molecule has 130 valence electrons. The molecule has 0 heterocycles. The third-order valence-corrected chi connectivity index (χ3v) is 4.31. The van der Waals surface area contributed by atoms with Crippen molar-refractivity contribution in [2.45, 2.75) is 39.7 Å². The van der Waals surface area contributed by atoms with E-state index in [1.807, 2.05) is 0 Å². The van der Waals surface area contributed by atoms with Gasteiger partial charge in [-0.3, -0.25) is 0 Å². The number of rotatable bonds is 10. The van der Waals surface area contributed by atoms with E-state index >= 15 is 0 Å². The van der Waals surface area contributed by atoms with Gasteiger partial charge in [0.1, 0.15) is 0 Å². The summed E-state index contributed by atoms with van der Waals surface area (Å²) >= 11 is 0. The predicted molar refractivity (Wildman–Crippen MR) is 104 cm³/mol. The number of hydrogen-bond donors (Lipinski definition) is 2. The van der Waals surface area contributed by atoms with Crippen LogP contribution in [0.2, 0.25) is 0 Å². The van der Waals surface area contributed by atoms with Gasteiger partial charge in [-0.1, -0.05) is 68.4 Å². The zero-order valence-electron chi connectivity index (χ0n) is 15.4. The highest BCUT2D eigenvalue weighted by molar-refractivity contribution is 5.25. The minimum atomic E-state index is 0.397. The summed E-state index contributed by atoms with van der Waals surface area (Å²) in [5, 5.41) is 7.10. The largest absolute Gasteiger partial charge is 0.315 e. The average Bonchev–Trinajstić information content (AvgIpc) is 2.59. The fourth-order valence-corrected chi connectivity index (χ4v) is 2.91. The molecule has 2 aromatic carbocycles. The van der Waals surface area contributed by atoms with E-state index in [-0.39, 0.29) is 0 Å². The van der Waals surface area contributed by atoms with Gasteiger partial charge in [0.2, 0.25) is 0 Å². The highest BCUT2D eigenvalue weighted by atomic mass is 15.0. The number of nitrogens with one attached hydrogen (secondary N) is 2. The molecule has 0 saturated heterocycles. The molecule has 2 aromatic rings. The van der Waals surface area contributed by atoms with Crippen molar-refractivity contribution < 1.29 is 0 Å². The lowest BCUT2D eigenvalue weighted by Crippen LogP contribution is -2.30. The van der Waals surface area contributed by atoms with Crippen molar-refractivity contribution in [3.63, 3.8) is 0 Å². The Balaban J connectivity index is 1.61. The van der Waals surface area contributed by atoms with Crippen molar-refractivity contribution in [3.8, 4) is 0 Å². The first-order chi connectivity index (χ1) is 11.6. The van der Waals surface area contributed by atoms with Crippen molar-refractivity contribution in [1.29, 1.82) is 0 Å². The molecule has 0 aromatic heterocycles. The van der Waals surface area contributed by atoms with Gasteiger partial charge in [0.15, 0.2) is 0 Å². The standard InChI is InChI=1S/C22H32N2/c1-18(2)17-21-9-11-22(12-10-21)19(3)24-16-15-23-14-13-20-7-5-4-6-8-20/h4-12,18-19,23-24H,13-17H2,1-3H3. The molecule has 24 heavy (non-hydrogen) atoms. The van der Waals surface area contributed by atoms with E-state index in [4.69, 9.17) is 0 Å². The average molecular weight is 325 g/mol. The molecule has 0 radical (unpaired) electrons. The van der Waals surface area contributed by atoms with Crippen LogP contribution in [0.1, 0.15) is 43.5 Å². The van der Waals surface area contributed by atoms with Crippen LogP contribution in [0.4, 0.5) is 0 Å². The normalized spacial score (nSPS) is 12.5. The van der Waals surface area contributed by atoms with E-state index in [1.54, 1.807) is 0 Å². The van der Waals surface area contributed by atoms with Crippen LogP contribution in [0.15, 0.2) is 54.6 Å². The second-order valence-corrected chi connectivity index (χ2v) is 7.00. The first kappa shape index (κ1) is 18.7. The van der Waals surface area contributed by atoms with Crippen LogP contribution in [0.25, 0.3) is 0 Å². The highest BCUT2D eigenvalue weighted by Crippen LogP contribution is 2.15. The molecule has 0 fully saturated rings. The Bertz CT molecular complexity index is 560. The van der Waals surface area contributed by atoms with Crippen LogP contribution in [0.5, 0.6) is 0 Å². The lowest BCUT2D eigenvalue weighted by molar-refractivity contribution is 0.546. The molecule has 2 heteroatoms. The molecule has 2 rings (SSSR count). The van der Waals surface area contributed by atoms with Crippen molar-refractivity contribution in [2.24, 2.45) is 5.92 Å². The summed E-state index contributed by atoms with van der Waals surface area (Å²) in [7, 11) is 0. The highest BCUT2D eigenvalue weighted by Gasteiger charge is 2.05. The van der Waals surface area contributed by atoms with E-state index in [1.165, 1.54) is 16.7 Å². The second kappa shape index (κ2) is 10.3. The smallest absolute Gasteiger partial charge is 0.0292 e. The molecular formula is C22H32N2. The van der Waals surface area contributed by atoms with Gasteiger partial charge in [0, 0.05) is 19.1 Å². The van der Waals surface area contributed by atoms with E-state index in [2.05, 4.69) is 86.0 Å². The SMILES string of the molecule is CC(C)Cc1ccc(C(C)NCCNCCc2ccccc2)cc1. The Morgan fingerprint density at radius 3 is 2.12 bits per heavy atom. The van der Waals surface area contributed by atoms with E-state index in [0.717, 1.165) is 32.5 Å². The van der Waals surface area contributed by atoms with Crippen molar-refractivity contribution in [1.82, 2.24) is 10.6 Å². The Morgan fingerprint density at radius 1 is 0.750 bits per heavy atom. The maximum Gasteiger partial charge on any atom is 0.0292 e. The molecule has 0 aliphatic heterocycles. The van der Waals surface area contributed by atoms with Gasteiger partial charge in [0.25, 0.3) is 0 Å². The van der Waals surface area contributed by atoms with Crippen molar-refractivity contribution in [3.05, 3.63) is 71.3 Å². The summed E-state index contributed by atoms with van der Waals surface area (Å²) in [6.45, 7) is 9.80. The Hall–Kier alpha value is -1.64. The molecular weight excluding hydrogens is 292 g/mol. The van der Waals surface area contributed by atoms with Crippen LogP contribution < -0.4 is 10.6 Å². The van der Waals surface area contributed by atoms with Gasteiger partial charge < -0.3 is 10.6 Å². The van der Waals surface area contributed by atoms with Gasteiger partial charge in [-0.2, -0.15) is 0 Å².